The van der Waals surface area contributed by atoms with Crippen LogP contribution in [0.2, 0.25) is 0 Å². The molecule has 0 saturated carbocycles. The highest BCUT2D eigenvalue weighted by Crippen LogP contribution is 2.31. The van der Waals surface area contributed by atoms with E-state index >= 15 is 0 Å². The number of nitrogen functional groups attached to an aromatic ring is 1. The molecule has 0 aromatic heterocycles. The molecule has 2 aromatic rings. The van der Waals surface area contributed by atoms with Crippen LogP contribution in [-0.2, 0) is 0 Å². The second kappa shape index (κ2) is 5.10. The normalized spacial score (nSPS) is 10.1. The Morgan fingerprint density at radius 2 is 1.83 bits per heavy atom. The number of benzene rings is 2. The number of para-hydroxylation sites is 1. The number of carbonyl (C=O) groups is 1. The van der Waals surface area contributed by atoms with Crippen molar-refractivity contribution in [1.82, 2.24) is 0 Å². The Bertz CT molecular complexity index is 599. The summed E-state index contributed by atoms with van der Waals surface area (Å²) in [7, 11) is 0. The van der Waals surface area contributed by atoms with Crippen molar-refractivity contribution in [3.05, 3.63) is 52.5 Å². The Morgan fingerprint density at radius 1 is 1.11 bits per heavy atom. The fraction of sp³-hybridized carbons (Fsp3) is 0. The molecule has 0 spiro atoms. The third kappa shape index (κ3) is 2.62. The number of nitrogens with two attached hydrogens (primary N) is 2. The Morgan fingerprint density at radius 3 is 2.50 bits per heavy atom. The van der Waals surface area contributed by atoms with Crippen molar-refractivity contribution in [3.8, 4) is 11.5 Å². The number of carbonyl (C=O) groups excluding carboxylic acids is 1. The maximum absolute atomic E-state index is 11.3. The lowest BCUT2D eigenvalue weighted by atomic mass is 10.1. The fourth-order valence-corrected chi connectivity index (χ4v) is 1.84. The van der Waals surface area contributed by atoms with Gasteiger partial charge in [-0.05, 0) is 46.3 Å². The molecule has 4 N–H and O–H groups in total. The molecule has 0 aliphatic rings. The van der Waals surface area contributed by atoms with Crippen LogP contribution in [-0.4, -0.2) is 5.91 Å². The van der Waals surface area contributed by atoms with Gasteiger partial charge in [0.15, 0.2) is 0 Å². The van der Waals surface area contributed by atoms with Crippen molar-refractivity contribution in [1.29, 1.82) is 0 Å². The molecular formula is C13H11BrN2O2. The first-order valence-electron chi connectivity index (χ1n) is 5.19. The first-order chi connectivity index (χ1) is 8.58. The van der Waals surface area contributed by atoms with Crippen LogP contribution in [0.5, 0.6) is 11.5 Å². The zero-order valence-electron chi connectivity index (χ0n) is 9.39. The maximum Gasteiger partial charge on any atom is 0.252 e. The molecule has 0 bridgehead atoms. The summed E-state index contributed by atoms with van der Waals surface area (Å²) in [5.74, 6) is 0.401. The van der Waals surface area contributed by atoms with Gasteiger partial charge in [0.1, 0.15) is 11.5 Å². The number of anilines is 1. The van der Waals surface area contributed by atoms with E-state index in [1.54, 1.807) is 18.2 Å². The zero-order chi connectivity index (χ0) is 13.1. The van der Waals surface area contributed by atoms with E-state index < -0.39 is 5.91 Å². The van der Waals surface area contributed by atoms with E-state index in [4.69, 9.17) is 16.2 Å². The number of ether oxygens (including phenoxy) is 1. The van der Waals surface area contributed by atoms with Gasteiger partial charge in [0.05, 0.1) is 10.0 Å². The Hall–Kier alpha value is -2.01. The standard InChI is InChI=1S/C13H11BrN2O2/c14-10-3-1-2-4-12(10)18-11-6-5-8(15)7-9(11)13(16)17/h1-7H,15H2,(H2,16,17). The van der Waals surface area contributed by atoms with Gasteiger partial charge in [0.25, 0.3) is 5.91 Å². The van der Waals surface area contributed by atoms with Crippen LogP contribution >= 0.6 is 15.9 Å². The molecule has 1 amide bonds. The third-order valence-electron chi connectivity index (χ3n) is 2.33. The maximum atomic E-state index is 11.3. The highest BCUT2D eigenvalue weighted by atomic mass is 79.9. The van der Waals surface area contributed by atoms with Gasteiger partial charge in [0.2, 0.25) is 0 Å². The summed E-state index contributed by atoms with van der Waals surface area (Å²) < 4.78 is 6.44. The van der Waals surface area contributed by atoms with Crippen LogP contribution in [0.25, 0.3) is 0 Å². The number of amides is 1. The molecule has 0 fully saturated rings. The first kappa shape index (κ1) is 12.4. The smallest absolute Gasteiger partial charge is 0.252 e. The second-order valence-corrected chi connectivity index (χ2v) is 4.51. The predicted molar refractivity (Wildman–Crippen MR) is 73.6 cm³/mol. The van der Waals surface area contributed by atoms with E-state index in [1.165, 1.54) is 6.07 Å². The summed E-state index contributed by atoms with van der Waals surface area (Å²) in [4.78, 5) is 11.3. The van der Waals surface area contributed by atoms with Crippen molar-refractivity contribution in [2.24, 2.45) is 5.73 Å². The van der Waals surface area contributed by atoms with E-state index in [9.17, 15) is 4.79 Å². The first-order valence-corrected chi connectivity index (χ1v) is 5.99. The van der Waals surface area contributed by atoms with Gasteiger partial charge in [-0.15, -0.1) is 0 Å². The average molecular weight is 307 g/mol. The summed E-state index contributed by atoms with van der Waals surface area (Å²) in [5, 5.41) is 0. The van der Waals surface area contributed by atoms with E-state index in [-0.39, 0.29) is 5.56 Å². The summed E-state index contributed by atoms with van der Waals surface area (Å²) in [5.41, 5.74) is 11.6. The second-order valence-electron chi connectivity index (χ2n) is 3.65. The summed E-state index contributed by atoms with van der Waals surface area (Å²) in [6.07, 6.45) is 0. The molecule has 2 rings (SSSR count). The van der Waals surface area contributed by atoms with Crippen LogP contribution in [0.4, 0.5) is 5.69 Å². The van der Waals surface area contributed by atoms with Gasteiger partial charge >= 0.3 is 0 Å². The lowest BCUT2D eigenvalue weighted by molar-refractivity contribution is 0.0998. The van der Waals surface area contributed by atoms with Crippen molar-refractivity contribution >= 4 is 27.5 Å². The number of primary amides is 1. The van der Waals surface area contributed by atoms with Crippen molar-refractivity contribution in [3.63, 3.8) is 0 Å². The minimum atomic E-state index is -0.579. The summed E-state index contributed by atoms with van der Waals surface area (Å²) in [6, 6.07) is 12.1. The molecule has 0 atom stereocenters. The highest BCUT2D eigenvalue weighted by molar-refractivity contribution is 9.10. The van der Waals surface area contributed by atoms with Gasteiger partial charge in [-0.1, -0.05) is 12.1 Å². The Balaban J connectivity index is 2.41. The monoisotopic (exact) mass is 306 g/mol. The topological polar surface area (TPSA) is 78.3 Å². The van der Waals surface area contributed by atoms with E-state index in [0.29, 0.717) is 17.2 Å². The van der Waals surface area contributed by atoms with E-state index in [0.717, 1.165) is 4.47 Å². The van der Waals surface area contributed by atoms with Crippen LogP contribution in [0, 0.1) is 0 Å². The van der Waals surface area contributed by atoms with Crippen LogP contribution in [0.3, 0.4) is 0 Å². The minimum Gasteiger partial charge on any atom is -0.455 e. The Kier molecular flexibility index (Phi) is 3.53. The predicted octanol–water partition coefficient (Wildman–Crippen LogP) is 2.92. The number of halogens is 1. The van der Waals surface area contributed by atoms with Crippen LogP contribution in [0.15, 0.2) is 46.9 Å². The Labute approximate surface area is 113 Å². The van der Waals surface area contributed by atoms with Crippen molar-refractivity contribution in [2.45, 2.75) is 0 Å². The van der Waals surface area contributed by atoms with Crippen LogP contribution < -0.4 is 16.2 Å². The average Bonchev–Trinajstić information content (AvgIpc) is 2.34. The van der Waals surface area contributed by atoms with E-state index in [2.05, 4.69) is 15.9 Å². The molecule has 92 valence electrons. The molecule has 5 heteroatoms. The molecule has 0 radical (unpaired) electrons. The van der Waals surface area contributed by atoms with Gasteiger partial charge in [-0.25, -0.2) is 0 Å². The molecule has 2 aromatic carbocycles. The number of hydrogen-bond acceptors (Lipinski definition) is 3. The lowest BCUT2D eigenvalue weighted by Gasteiger charge is -2.11. The third-order valence-corrected chi connectivity index (χ3v) is 2.98. The molecule has 0 saturated heterocycles. The summed E-state index contributed by atoms with van der Waals surface area (Å²) >= 11 is 3.36. The van der Waals surface area contributed by atoms with Crippen LogP contribution in [0.1, 0.15) is 10.4 Å². The van der Waals surface area contributed by atoms with Gasteiger partial charge in [-0.2, -0.15) is 0 Å². The molecule has 4 nitrogen and oxygen atoms in total. The summed E-state index contributed by atoms with van der Waals surface area (Å²) in [6.45, 7) is 0. The molecule has 0 unspecified atom stereocenters. The molecule has 18 heavy (non-hydrogen) atoms. The van der Waals surface area contributed by atoms with Gasteiger partial charge in [-0.3, -0.25) is 4.79 Å². The van der Waals surface area contributed by atoms with Gasteiger partial charge < -0.3 is 16.2 Å². The fourth-order valence-electron chi connectivity index (χ4n) is 1.48. The molecule has 0 aliphatic carbocycles. The highest BCUT2D eigenvalue weighted by Gasteiger charge is 2.11. The van der Waals surface area contributed by atoms with Gasteiger partial charge in [0, 0.05) is 5.69 Å². The minimum absolute atomic E-state index is 0.255. The number of rotatable bonds is 3. The molecule has 0 heterocycles. The molecule has 0 aliphatic heterocycles. The van der Waals surface area contributed by atoms with Crippen molar-refractivity contribution in [2.75, 3.05) is 5.73 Å². The zero-order valence-corrected chi connectivity index (χ0v) is 11.0. The quantitative estimate of drug-likeness (QED) is 0.856. The van der Waals surface area contributed by atoms with Crippen molar-refractivity contribution < 1.29 is 9.53 Å². The molecular weight excluding hydrogens is 296 g/mol. The largest absolute Gasteiger partial charge is 0.455 e. The SMILES string of the molecule is NC(=O)c1cc(N)ccc1Oc1ccccc1Br. The lowest BCUT2D eigenvalue weighted by Crippen LogP contribution is -2.12. The number of hydrogen-bond donors (Lipinski definition) is 2. The van der Waals surface area contributed by atoms with E-state index in [1.807, 2.05) is 18.2 Å².